The number of carbonyl (C=O) groups excluding carboxylic acids is 1. The number of rotatable bonds is 5. The van der Waals surface area contributed by atoms with Gasteiger partial charge < -0.3 is 10.4 Å². The van der Waals surface area contributed by atoms with E-state index in [0.29, 0.717) is 34.9 Å². The molecule has 0 aliphatic carbocycles. The zero-order chi connectivity index (χ0) is 18.0. The third-order valence-electron chi connectivity index (χ3n) is 4.10. The fraction of sp³-hybridized carbons (Fsp3) is 0.353. The average Bonchev–Trinajstić information content (AvgIpc) is 3.17. The van der Waals surface area contributed by atoms with Crippen LogP contribution in [0.5, 0.6) is 0 Å². The van der Waals surface area contributed by atoms with Crippen LogP contribution in [0.4, 0.5) is 4.39 Å². The molecule has 5 nitrogen and oxygen atoms in total. The Labute approximate surface area is 152 Å². The van der Waals surface area contributed by atoms with E-state index in [1.54, 1.807) is 19.1 Å². The number of amides is 1. The number of halogens is 1. The highest BCUT2D eigenvalue weighted by Gasteiger charge is 2.43. The quantitative estimate of drug-likeness (QED) is 0.834. The van der Waals surface area contributed by atoms with Gasteiger partial charge in [0.2, 0.25) is 0 Å². The average molecular weight is 380 g/mol. The van der Waals surface area contributed by atoms with E-state index < -0.39 is 17.4 Å². The number of hydrogen-bond donors (Lipinski definition) is 2. The molecule has 1 aliphatic rings. The molecule has 1 aromatic heterocycles. The predicted octanol–water partition coefficient (Wildman–Crippen LogP) is 2.87. The molecule has 0 bridgehead atoms. The molecule has 1 aliphatic heterocycles. The third kappa shape index (κ3) is 3.85. The maximum Gasteiger partial charge on any atom is 0.330 e. The molecule has 1 atom stereocenters. The van der Waals surface area contributed by atoms with Gasteiger partial charge in [0, 0.05) is 12.2 Å². The van der Waals surface area contributed by atoms with E-state index in [2.05, 4.69) is 10.3 Å². The van der Waals surface area contributed by atoms with Crippen molar-refractivity contribution in [2.45, 2.75) is 25.3 Å². The first-order valence-corrected chi connectivity index (χ1v) is 9.71. The molecule has 2 aromatic rings. The number of carboxylic acids is 1. The summed E-state index contributed by atoms with van der Waals surface area (Å²) in [5.41, 5.74) is 0.275. The standard InChI is InChI=1S/C17H17FN2O3S2/c1-10-14(15(21)20-17(16(22)23)6-7-24-9-17)25-13(19-10)8-11-2-4-12(18)5-3-11/h2-5H,6-9H2,1H3,(H,20,21)(H,22,23). The number of aliphatic carboxylic acids is 1. The van der Waals surface area contributed by atoms with Gasteiger partial charge in [-0.3, -0.25) is 4.79 Å². The van der Waals surface area contributed by atoms with Gasteiger partial charge in [-0.15, -0.1) is 11.3 Å². The van der Waals surface area contributed by atoms with Crippen molar-refractivity contribution in [2.75, 3.05) is 11.5 Å². The summed E-state index contributed by atoms with van der Waals surface area (Å²) in [5, 5.41) is 12.9. The molecule has 1 fully saturated rings. The van der Waals surface area contributed by atoms with E-state index in [-0.39, 0.29) is 5.82 Å². The molecule has 1 unspecified atom stereocenters. The van der Waals surface area contributed by atoms with Gasteiger partial charge in [-0.25, -0.2) is 14.2 Å². The third-order valence-corrected chi connectivity index (χ3v) is 6.45. The summed E-state index contributed by atoms with van der Waals surface area (Å²) in [4.78, 5) is 29.0. The predicted molar refractivity (Wildman–Crippen MR) is 95.8 cm³/mol. The Morgan fingerprint density at radius 1 is 1.36 bits per heavy atom. The zero-order valence-electron chi connectivity index (χ0n) is 13.5. The smallest absolute Gasteiger partial charge is 0.330 e. The lowest BCUT2D eigenvalue weighted by molar-refractivity contribution is -0.143. The van der Waals surface area contributed by atoms with Crippen molar-refractivity contribution >= 4 is 35.0 Å². The van der Waals surface area contributed by atoms with E-state index >= 15 is 0 Å². The lowest BCUT2D eigenvalue weighted by atomic mass is 9.99. The Kier molecular flexibility index (Phi) is 5.10. The molecule has 0 radical (unpaired) electrons. The summed E-state index contributed by atoms with van der Waals surface area (Å²) >= 11 is 2.76. The van der Waals surface area contributed by atoms with Crippen molar-refractivity contribution in [3.8, 4) is 0 Å². The SMILES string of the molecule is Cc1nc(Cc2ccc(F)cc2)sc1C(=O)NC1(C(=O)O)CCSC1. The Morgan fingerprint density at radius 2 is 2.08 bits per heavy atom. The minimum absolute atomic E-state index is 0.299. The normalized spacial score (nSPS) is 19.8. The van der Waals surface area contributed by atoms with Crippen LogP contribution >= 0.6 is 23.1 Å². The second-order valence-electron chi connectivity index (χ2n) is 5.97. The van der Waals surface area contributed by atoms with Crippen molar-refractivity contribution < 1.29 is 19.1 Å². The van der Waals surface area contributed by atoms with Crippen LogP contribution in [0.2, 0.25) is 0 Å². The van der Waals surface area contributed by atoms with Crippen LogP contribution in [0, 0.1) is 12.7 Å². The molecule has 2 N–H and O–H groups in total. The molecule has 3 rings (SSSR count). The molecular formula is C17H17FN2O3S2. The van der Waals surface area contributed by atoms with Crippen molar-refractivity contribution in [2.24, 2.45) is 0 Å². The first kappa shape index (κ1) is 17.9. The maximum absolute atomic E-state index is 13.0. The van der Waals surface area contributed by atoms with Gasteiger partial charge in [0.25, 0.3) is 5.91 Å². The van der Waals surface area contributed by atoms with Gasteiger partial charge in [0.1, 0.15) is 16.2 Å². The Bertz CT molecular complexity index is 799. The fourth-order valence-corrected chi connectivity index (χ4v) is 4.99. The molecule has 132 valence electrons. The summed E-state index contributed by atoms with van der Waals surface area (Å²) in [6.45, 7) is 1.73. The summed E-state index contributed by atoms with van der Waals surface area (Å²) in [5.74, 6) is -0.615. The van der Waals surface area contributed by atoms with Crippen molar-refractivity contribution in [1.29, 1.82) is 0 Å². The van der Waals surface area contributed by atoms with Gasteiger partial charge in [-0.2, -0.15) is 11.8 Å². The van der Waals surface area contributed by atoms with Gasteiger partial charge in [-0.1, -0.05) is 12.1 Å². The number of hydrogen-bond acceptors (Lipinski definition) is 5. The lowest BCUT2D eigenvalue weighted by Gasteiger charge is -2.24. The van der Waals surface area contributed by atoms with Crippen LogP contribution < -0.4 is 5.32 Å². The maximum atomic E-state index is 13.0. The van der Waals surface area contributed by atoms with Gasteiger partial charge in [0.05, 0.1) is 10.7 Å². The minimum atomic E-state index is -1.20. The van der Waals surface area contributed by atoms with Crippen LogP contribution in [-0.4, -0.2) is 39.0 Å². The monoisotopic (exact) mass is 380 g/mol. The number of carbonyl (C=O) groups is 2. The number of carboxylic acid groups (broad SMARTS) is 1. The van der Waals surface area contributed by atoms with E-state index in [1.807, 2.05) is 0 Å². The molecule has 1 aromatic carbocycles. The molecule has 0 saturated carbocycles. The van der Waals surface area contributed by atoms with Crippen LogP contribution in [0.3, 0.4) is 0 Å². The highest BCUT2D eigenvalue weighted by molar-refractivity contribution is 7.99. The summed E-state index contributed by atoms with van der Waals surface area (Å²) in [6, 6.07) is 6.14. The number of benzene rings is 1. The second-order valence-corrected chi connectivity index (χ2v) is 8.16. The Hall–Kier alpha value is -1.93. The van der Waals surface area contributed by atoms with Crippen LogP contribution in [0.25, 0.3) is 0 Å². The number of thioether (sulfide) groups is 1. The molecule has 2 heterocycles. The molecular weight excluding hydrogens is 363 g/mol. The van der Waals surface area contributed by atoms with Crippen LogP contribution in [-0.2, 0) is 11.2 Å². The number of thiazole rings is 1. The summed E-state index contributed by atoms with van der Waals surface area (Å²) in [7, 11) is 0. The molecule has 0 spiro atoms. The number of aryl methyl sites for hydroxylation is 1. The summed E-state index contributed by atoms with van der Waals surface area (Å²) in [6.07, 6.45) is 0.915. The Balaban J connectivity index is 1.76. The van der Waals surface area contributed by atoms with Crippen LogP contribution in [0.1, 0.15) is 32.4 Å². The van der Waals surface area contributed by atoms with E-state index in [1.165, 1.54) is 35.2 Å². The van der Waals surface area contributed by atoms with E-state index in [0.717, 1.165) is 10.6 Å². The largest absolute Gasteiger partial charge is 0.479 e. The molecule has 1 amide bonds. The summed E-state index contributed by atoms with van der Waals surface area (Å²) < 4.78 is 13.0. The molecule has 1 saturated heterocycles. The number of aromatic nitrogens is 1. The van der Waals surface area contributed by atoms with Crippen molar-refractivity contribution in [3.63, 3.8) is 0 Å². The molecule has 25 heavy (non-hydrogen) atoms. The number of nitrogens with zero attached hydrogens (tertiary/aromatic N) is 1. The van der Waals surface area contributed by atoms with Crippen molar-refractivity contribution in [3.05, 3.63) is 51.2 Å². The van der Waals surface area contributed by atoms with Gasteiger partial charge in [-0.05, 0) is 36.8 Å². The second kappa shape index (κ2) is 7.13. The Morgan fingerprint density at radius 3 is 2.68 bits per heavy atom. The lowest BCUT2D eigenvalue weighted by Crippen LogP contribution is -2.54. The minimum Gasteiger partial charge on any atom is -0.479 e. The van der Waals surface area contributed by atoms with Gasteiger partial charge in [0.15, 0.2) is 0 Å². The van der Waals surface area contributed by atoms with Gasteiger partial charge >= 0.3 is 5.97 Å². The highest BCUT2D eigenvalue weighted by atomic mass is 32.2. The van der Waals surface area contributed by atoms with Crippen LogP contribution in [0.15, 0.2) is 24.3 Å². The van der Waals surface area contributed by atoms with E-state index in [4.69, 9.17) is 0 Å². The van der Waals surface area contributed by atoms with E-state index in [9.17, 15) is 19.1 Å². The van der Waals surface area contributed by atoms with Crippen molar-refractivity contribution in [1.82, 2.24) is 10.3 Å². The fourth-order valence-electron chi connectivity index (χ4n) is 2.68. The first-order chi connectivity index (χ1) is 11.9. The molecule has 8 heteroatoms. The first-order valence-electron chi connectivity index (χ1n) is 7.74. The topological polar surface area (TPSA) is 79.3 Å². The zero-order valence-corrected chi connectivity index (χ0v) is 15.2. The highest BCUT2D eigenvalue weighted by Crippen LogP contribution is 2.29. The number of nitrogens with one attached hydrogen (secondary N) is 1.